The minimum absolute atomic E-state index is 0.150. The first-order valence-corrected chi connectivity index (χ1v) is 8.50. The molecule has 118 valence electrons. The van der Waals surface area contributed by atoms with Crippen LogP contribution in [0.5, 0.6) is 0 Å². The number of fused-ring (bicyclic) bond motifs is 1. The zero-order valence-corrected chi connectivity index (χ0v) is 14.0. The Labute approximate surface area is 146 Å². The number of aromatic nitrogens is 1. The van der Waals surface area contributed by atoms with Crippen LogP contribution in [0.3, 0.4) is 0 Å². The molecule has 0 radical (unpaired) electrons. The molecule has 1 heterocycles. The normalized spacial score (nSPS) is 11.2. The minimum Gasteiger partial charge on any atom is -0.382 e. The van der Waals surface area contributed by atoms with E-state index < -0.39 is 0 Å². The summed E-state index contributed by atoms with van der Waals surface area (Å²) >= 11 is 3.25. The smallest absolute Gasteiger partial charge is 0.201 e. The number of amidine groups is 1. The van der Waals surface area contributed by atoms with Gasteiger partial charge in [0.1, 0.15) is 6.07 Å². The molecule has 0 bridgehead atoms. The summed E-state index contributed by atoms with van der Waals surface area (Å²) in [7, 11) is 0. The SMILES string of the molecule is N#C/C(=N\Nc1ccc(Sc2nc3ccccc3s2)cc1)C(=N)N. The number of hydrogen-bond donors (Lipinski definition) is 3. The lowest BCUT2D eigenvalue weighted by atomic mass is 10.3. The maximum Gasteiger partial charge on any atom is 0.201 e. The van der Waals surface area contributed by atoms with Gasteiger partial charge in [0.15, 0.2) is 10.2 Å². The topological polar surface area (TPSA) is 111 Å². The van der Waals surface area contributed by atoms with Crippen molar-refractivity contribution in [1.82, 2.24) is 4.98 Å². The van der Waals surface area contributed by atoms with E-state index in [2.05, 4.69) is 21.6 Å². The van der Waals surface area contributed by atoms with Gasteiger partial charge in [-0.3, -0.25) is 10.8 Å². The molecule has 0 amide bonds. The monoisotopic (exact) mass is 352 g/mol. The number of para-hydroxylation sites is 1. The summed E-state index contributed by atoms with van der Waals surface area (Å²) < 4.78 is 2.15. The number of nitrogens with one attached hydrogen (secondary N) is 2. The van der Waals surface area contributed by atoms with Crippen LogP contribution in [0, 0.1) is 16.7 Å². The lowest BCUT2D eigenvalue weighted by molar-refractivity contribution is 1.29. The van der Waals surface area contributed by atoms with Gasteiger partial charge in [-0.25, -0.2) is 4.98 Å². The molecule has 0 saturated heterocycles. The third kappa shape index (κ3) is 3.71. The van der Waals surface area contributed by atoms with Crippen molar-refractivity contribution in [1.29, 1.82) is 10.7 Å². The Hall–Kier alpha value is -2.89. The molecule has 0 aliphatic carbocycles. The van der Waals surface area contributed by atoms with Gasteiger partial charge in [-0.15, -0.1) is 11.3 Å². The third-order valence-electron chi connectivity index (χ3n) is 2.99. The second kappa shape index (κ2) is 7.12. The molecule has 0 saturated carbocycles. The van der Waals surface area contributed by atoms with Crippen LogP contribution in [-0.4, -0.2) is 16.5 Å². The molecular formula is C16H12N6S2. The minimum atomic E-state index is -0.368. The Morgan fingerprint density at radius 2 is 2.00 bits per heavy atom. The van der Waals surface area contributed by atoms with Crippen LogP contribution < -0.4 is 11.2 Å². The van der Waals surface area contributed by atoms with Gasteiger partial charge in [-0.1, -0.05) is 23.9 Å². The summed E-state index contributed by atoms with van der Waals surface area (Å²) in [4.78, 5) is 5.64. The second-order valence-electron chi connectivity index (χ2n) is 4.67. The largest absolute Gasteiger partial charge is 0.382 e. The van der Waals surface area contributed by atoms with Gasteiger partial charge in [0.05, 0.1) is 15.9 Å². The van der Waals surface area contributed by atoms with E-state index in [-0.39, 0.29) is 11.5 Å². The average molecular weight is 352 g/mol. The summed E-state index contributed by atoms with van der Waals surface area (Å²) in [6, 6.07) is 17.4. The van der Waals surface area contributed by atoms with Crippen molar-refractivity contribution in [2.75, 3.05) is 5.43 Å². The molecule has 6 nitrogen and oxygen atoms in total. The number of hydrazone groups is 1. The first-order chi connectivity index (χ1) is 11.7. The number of nitrogens with two attached hydrogens (primary N) is 1. The number of anilines is 1. The van der Waals surface area contributed by atoms with Gasteiger partial charge in [-0.2, -0.15) is 10.4 Å². The van der Waals surface area contributed by atoms with Crippen molar-refractivity contribution in [2.24, 2.45) is 10.8 Å². The maximum absolute atomic E-state index is 8.79. The molecule has 0 spiro atoms. The van der Waals surface area contributed by atoms with Gasteiger partial charge < -0.3 is 5.73 Å². The summed E-state index contributed by atoms with van der Waals surface area (Å²) in [6.45, 7) is 0. The first-order valence-electron chi connectivity index (χ1n) is 6.87. The Kier molecular flexibility index (Phi) is 4.74. The fraction of sp³-hybridized carbons (Fsp3) is 0. The van der Waals surface area contributed by atoms with Gasteiger partial charge >= 0.3 is 0 Å². The number of benzene rings is 2. The highest BCUT2D eigenvalue weighted by Gasteiger charge is 2.05. The highest BCUT2D eigenvalue weighted by Crippen LogP contribution is 2.34. The van der Waals surface area contributed by atoms with E-state index in [0.29, 0.717) is 5.69 Å². The van der Waals surface area contributed by atoms with Gasteiger partial charge in [0, 0.05) is 4.90 Å². The van der Waals surface area contributed by atoms with Gasteiger partial charge in [-0.05, 0) is 36.4 Å². The number of thiazole rings is 1. The number of rotatable bonds is 5. The Morgan fingerprint density at radius 1 is 1.25 bits per heavy atom. The summed E-state index contributed by atoms with van der Waals surface area (Å²) in [6.07, 6.45) is 0. The van der Waals surface area contributed by atoms with E-state index in [4.69, 9.17) is 16.4 Å². The van der Waals surface area contributed by atoms with Crippen molar-refractivity contribution >= 4 is 50.5 Å². The van der Waals surface area contributed by atoms with Crippen molar-refractivity contribution in [3.8, 4) is 6.07 Å². The molecule has 2 aromatic carbocycles. The van der Waals surface area contributed by atoms with E-state index in [1.165, 1.54) is 4.70 Å². The van der Waals surface area contributed by atoms with E-state index in [1.807, 2.05) is 42.5 Å². The highest BCUT2D eigenvalue weighted by atomic mass is 32.2. The van der Waals surface area contributed by atoms with Crippen molar-refractivity contribution in [3.05, 3.63) is 48.5 Å². The predicted octanol–water partition coefficient (Wildman–Crippen LogP) is 3.67. The Morgan fingerprint density at radius 3 is 2.67 bits per heavy atom. The fourth-order valence-corrected chi connectivity index (χ4v) is 3.90. The maximum atomic E-state index is 8.79. The molecule has 3 rings (SSSR count). The zero-order chi connectivity index (χ0) is 16.9. The quantitative estimate of drug-likeness (QED) is 0.368. The molecular weight excluding hydrogens is 340 g/mol. The van der Waals surface area contributed by atoms with E-state index in [0.717, 1.165) is 14.8 Å². The molecule has 24 heavy (non-hydrogen) atoms. The third-order valence-corrected chi connectivity index (χ3v) is 5.10. The van der Waals surface area contributed by atoms with Crippen LogP contribution in [0.4, 0.5) is 5.69 Å². The van der Waals surface area contributed by atoms with E-state index in [9.17, 15) is 0 Å². The predicted molar refractivity (Wildman–Crippen MR) is 98.8 cm³/mol. The summed E-state index contributed by atoms with van der Waals surface area (Å²) in [5, 5.41) is 19.8. The highest BCUT2D eigenvalue weighted by molar-refractivity contribution is 8.01. The zero-order valence-electron chi connectivity index (χ0n) is 12.4. The molecule has 3 aromatic rings. The number of hydrogen-bond acceptors (Lipinski definition) is 7. The molecule has 0 unspecified atom stereocenters. The molecule has 1 aromatic heterocycles. The van der Waals surface area contributed by atoms with Crippen LogP contribution in [0.25, 0.3) is 10.2 Å². The van der Waals surface area contributed by atoms with Crippen LogP contribution in [0.2, 0.25) is 0 Å². The van der Waals surface area contributed by atoms with Gasteiger partial charge in [0.2, 0.25) is 5.71 Å². The Bertz CT molecular complexity index is 920. The van der Waals surface area contributed by atoms with Crippen LogP contribution >= 0.6 is 23.1 Å². The Balaban J connectivity index is 1.70. The van der Waals surface area contributed by atoms with Crippen molar-refractivity contribution in [2.45, 2.75) is 9.24 Å². The van der Waals surface area contributed by atoms with Gasteiger partial charge in [0.25, 0.3) is 0 Å². The van der Waals surface area contributed by atoms with Crippen molar-refractivity contribution in [3.63, 3.8) is 0 Å². The average Bonchev–Trinajstić information content (AvgIpc) is 2.99. The molecule has 0 aliphatic heterocycles. The van der Waals surface area contributed by atoms with Crippen LogP contribution in [-0.2, 0) is 0 Å². The number of nitriles is 1. The first kappa shape index (κ1) is 16.0. The molecule has 8 heteroatoms. The standard InChI is InChI=1S/C16H12N6S2/c17-9-13(15(18)19)22-21-10-5-7-11(8-6-10)23-16-20-12-3-1-2-4-14(12)24-16/h1-8,21H,(H3,18,19)/b22-13+. The summed E-state index contributed by atoms with van der Waals surface area (Å²) in [5.74, 6) is -0.368. The number of nitrogens with zero attached hydrogens (tertiary/aromatic N) is 3. The summed E-state index contributed by atoms with van der Waals surface area (Å²) in [5.41, 5.74) is 9.51. The second-order valence-corrected chi connectivity index (χ2v) is 7.02. The van der Waals surface area contributed by atoms with Crippen molar-refractivity contribution < 1.29 is 0 Å². The fourth-order valence-electron chi connectivity index (χ4n) is 1.86. The lowest BCUT2D eigenvalue weighted by Gasteiger charge is -2.02. The molecule has 0 atom stereocenters. The molecule has 4 N–H and O–H groups in total. The van der Waals surface area contributed by atoms with E-state index in [1.54, 1.807) is 29.2 Å². The van der Waals surface area contributed by atoms with Crippen LogP contribution in [0.1, 0.15) is 0 Å². The van der Waals surface area contributed by atoms with E-state index >= 15 is 0 Å². The lowest BCUT2D eigenvalue weighted by Crippen LogP contribution is -2.21. The van der Waals surface area contributed by atoms with Crippen LogP contribution in [0.15, 0.2) is 62.9 Å². The molecule has 0 aliphatic rings. The molecule has 0 fully saturated rings.